The molecule has 0 aromatic rings. The van der Waals surface area contributed by atoms with Crippen molar-refractivity contribution in [3.05, 3.63) is 24.3 Å². The molecule has 2 bridgehead atoms. The Labute approximate surface area is 153 Å². The zero-order valence-corrected chi connectivity index (χ0v) is 17.0. The largest absolute Gasteiger partial charge is 0.455 e. The Bertz CT molecular complexity index is 547. The van der Waals surface area contributed by atoms with Crippen molar-refractivity contribution in [2.75, 3.05) is 0 Å². The van der Waals surface area contributed by atoms with Crippen LogP contribution in [0.5, 0.6) is 0 Å². The molecule has 0 aliphatic carbocycles. The highest BCUT2D eigenvalue weighted by molar-refractivity contribution is 5.66. The van der Waals surface area contributed by atoms with E-state index in [-0.39, 0.29) is 17.0 Å². The lowest BCUT2D eigenvalue weighted by Crippen LogP contribution is -2.43. The second kappa shape index (κ2) is 7.26. The summed E-state index contributed by atoms with van der Waals surface area (Å²) in [6, 6.07) is 0. The number of hydrogen-bond acceptors (Lipinski definition) is 3. The van der Waals surface area contributed by atoms with Crippen LogP contribution < -0.4 is 0 Å². The first-order valence-electron chi connectivity index (χ1n) is 9.69. The van der Waals surface area contributed by atoms with E-state index in [1.165, 1.54) is 18.9 Å². The normalized spacial score (nSPS) is 35.9. The van der Waals surface area contributed by atoms with Crippen molar-refractivity contribution in [2.45, 2.75) is 97.4 Å². The van der Waals surface area contributed by atoms with E-state index in [0.29, 0.717) is 12.0 Å². The van der Waals surface area contributed by atoms with Crippen LogP contribution in [0.3, 0.4) is 0 Å². The Morgan fingerprint density at radius 3 is 2.60 bits per heavy atom. The van der Waals surface area contributed by atoms with E-state index in [0.717, 1.165) is 32.1 Å². The maximum absolute atomic E-state index is 11.4. The van der Waals surface area contributed by atoms with Crippen molar-refractivity contribution < 1.29 is 14.3 Å². The van der Waals surface area contributed by atoms with Gasteiger partial charge in [-0.25, -0.2) is 0 Å². The van der Waals surface area contributed by atoms with Gasteiger partial charge >= 0.3 is 5.97 Å². The summed E-state index contributed by atoms with van der Waals surface area (Å²) < 4.78 is 12.0. The minimum Gasteiger partial charge on any atom is -0.455 e. The van der Waals surface area contributed by atoms with E-state index < -0.39 is 5.60 Å². The van der Waals surface area contributed by atoms with E-state index in [2.05, 4.69) is 40.3 Å². The molecule has 2 rings (SSSR count). The maximum Gasteiger partial charge on any atom is 0.303 e. The van der Waals surface area contributed by atoms with Crippen LogP contribution in [-0.2, 0) is 14.3 Å². The number of rotatable bonds is 8. The monoisotopic (exact) mass is 348 g/mol. The van der Waals surface area contributed by atoms with Gasteiger partial charge in [-0.3, -0.25) is 4.79 Å². The Kier molecular flexibility index (Phi) is 5.88. The van der Waals surface area contributed by atoms with Crippen molar-refractivity contribution in [3.8, 4) is 0 Å². The van der Waals surface area contributed by atoms with Crippen molar-refractivity contribution in [2.24, 2.45) is 11.3 Å². The summed E-state index contributed by atoms with van der Waals surface area (Å²) in [5, 5.41) is 0. The summed E-state index contributed by atoms with van der Waals surface area (Å²) in [5.74, 6) is 0.239. The van der Waals surface area contributed by atoms with Crippen LogP contribution >= 0.6 is 0 Å². The smallest absolute Gasteiger partial charge is 0.303 e. The van der Waals surface area contributed by atoms with Gasteiger partial charge in [-0.05, 0) is 83.6 Å². The highest BCUT2D eigenvalue weighted by atomic mass is 16.6. The van der Waals surface area contributed by atoms with Gasteiger partial charge in [0.1, 0.15) is 5.60 Å². The molecular weight excluding hydrogens is 312 g/mol. The molecule has 5 atom stereocenters. The Morgan fingerprint density at radius 2 is 2.04 bits per heavy atom. The highest BCUT2D eigenvalue weighted by Gasteiger charge is 2.62. The molecule has 0 N–H and O–H groups in total. The fourth-order valence-corrected chi connectivity index (χ4v) is 5.10. The molecule has 3 heteroatoms. The fourth-order valence-electron chi connectivity index (χ4n) is 5.10. The van der Waals surface area contributed by atoms with Crippen LogP contribution in [0.25, 0.3) is 0 Å². The van der Waals surface area contributed by atoms with Gasteiger partial charge < -0.3 is 9.47 Å². The second-order valence-electron chi connectivity index (χ2n) is 8.99. The average Bonchev–Trinajstić information content (AvgIpc) is 2.97. The minimum absolute atomic E-state index is 0.0390. The molecule has 0 spiro atoms. The quantitative estimate of drug-likeness (QED) is 0.423. The number of fused-ring (bicyclic) bond motifs is 2. The van der Waals surface area contributed by atoms with Crippen LogP contribution in [0.15, 0.2) is 24.3 Å². The third-order valence-electron chi connectivity index (χ3n) is 6.56. The number of esters is 1. The molecule has 2 aliphatic heterocycles. The lowest BCUT2D eigenvalue weighted by molar-refractivity contribution is -0.152. The molecular formula is C22H36O3. The van der Waals surface area contributed by atoms with Gasteiger partial charge in [0.25, 0.3) is 0 Å². The van der Waals surface area contributed by atoms with E-state index in [4.69, 9.17) is 9.47 Å². The molecule has 0 aromatic carbocycles. The first kappa shape index (κ1) is 20.2. The number of ether oxygens (including phenoxy) is 2. The molecule has 2 fully saturated rings. The van der Waals surface area contributed by atoms with Crippen LogP contribution in [0.2, 0.25) is 0 Å². The SMILES string of the molecule is C=C[C@](C)(CC[C@H]1[C@](C)(CCC=C(C)C)[C@H]2CC[C@]1(C)O2)OC(C)=O. The molecule has 3 nitrogen and oxygen atoms in total. The van der Waals surface area contributed by atoms with Crippen molar-refractivity contribution in [1.29, 1.82) is 0 Å². The summed E-state index contributed by atoms with van der Waals surface area (Å²) in [6.07, 6.45) is 10.8. The summed E-state index contributed by atoms with van der Waals surface area (Å²) in [5.41, 5.74) is 0.940. The van der Waals surface area contributed by atoms with Gasteiger partial charge in [0.2, 0.25) is 0 Å². The Morgan fingerprint density at radius 1 is 1.36 bits per heavy atom. The molecule has 25 heavy (non-hydrogen) atoms. The third-order valence-corrected chi connectivity index (χ3v) is 6.56. The topological polar surface area (TPSA) is 35.5 Å². The first-order valence-corrected chi connectivity index (χ1v) is 9.69. The zero-order valence-electron chi connectivity index (χ0n) is 17.0. The van der Waals surface area contributed by atoms with Gasteiger partial charge in [0, 0.05) is 6.92 Å². The molecule has 0 saturated carbocycles. The molecule has 2 heterocycles. The van der Waals surface area contributed by atoms with Crippen molar-refractivity contribution in [1.82, 2.24) is 0 Å². The first-order chi connectivity index (χ1) is 11.5. The highest BCUT2D eigenvalue weighted by Crippen LogP contribution is 2.61. The van der Waals surface area contributed by atoms with Crippen molar-refractivity contribution >= 4 is 5.97 Å². The average molecular weight is 349 g/mol. The van der Waals surface area contributed by atoms with Crippen LogP contribution in [0.1, 0.15) is 80.1 Å². The van der Waals surface area contributed by atoms with Crippen LogP contribution in [0, 0.1) is 11.3 Å². The molecule has 2 saturated heterocycles. The predicted molar refractivity (Wildman–Crippen MR) is 102 cm³/mol. The summed E-state index contributed by atoms with van der Waals surface area (Å²) in [7, 11) is 0. The van der Waals surface area contributed by atoms with Gasteiger partial charge in [-0.2, -0.15) is 0 Å². The minimum atomic E-state index is -0.592. The third kappa shape index (κ3) is 4.19. The lowest BCUT2D eigenvalue weighted by Gasteiger charge is -2.43. The molecule has 0 unspecified atom stereocenters. The number of carbonyl (C=O) groups excluding carboxylic acids is 1. The van der Waals surface area contributed by atoms with E-state index in [1.54, 1.807) is 6.08 Å². The summed E-state index contributed by atoms with van der Waals surface area (Å²) in [6.45, 7) is 16.3. The summed E-state index contributed by atoms with van der Waals surface area (Å²) in [4.78, 5) is 11.4. The molecule has 2 aliphatic rings. The van der Waals surface area contributed by atoms with E-state index >= 15 is 0 Å². The fraction of sp³-hybridized carbons (Fsp3) is 0.773. The molecule has 0 radical (unpaired) electrons. The molecule has 0 aromatic heterocycles. The lowest BCUT2D eigenvalue weighted by atomic mass is 9.59. The molecule has 142 valence electrons. The zero-order chi connectivity index (χ0) is 18.9. The number of allylic oxidation sites excluding steroid dienone is 2. The van der Waals surface area contributed by atoms with Crippen molar-refractivity contribution in [3.63, 3.8) is 0 Å². The van der Waals surface area contributed by atoms with E-state index in [1.807, 2.05) is 6.92 Å². The van der Waals surface area contributed by atoms with Gasteiger partial charge in [0.15, 0.2) is 0 Å². The van der Waals surface area contributed by atoms with Gasteiger partial charge in [0.05, 0.1) is 11.7 Å². The van der Waals surface area contributed by atoms with Crippen LogP contribution in [-0.4, -0.2) is 23.3 Å². The molecule has 0 amide bonds. The van der Waals surface area contributed by atoms with Crippen LogP contribution in [0.4, 0.5) is 0 Å². The Hall–Kier alpha value is -1.09. The second-order valence-corrected chi connectivity index (χ2v) is 8.99. The maximum atomic E-state index is 11.4. The van der Waals surface area contributed by atoms with E-state index in [9.17, 15) is 4.79 Å². The van der Waals surface area contributed by atoms with Gasteiger partial charge in [-0.1, -0.05) is 25.2 Å². The Balaban J connectivity index is 2.13. The summed E-state index contributed by atoms with van der Waals surface area (Å²) >= 11 is 0. The number of hydrogen-bond donors (Lipinski definition) is 0. The standard InChI is InChI=1S/C22H36O3/c1-8-20(5,24-17(4)23)14-11-18-21(6,13-9-10-16(2)3)19-12-15-22(18,7)25-19/h8,10,18-19H,1,9,11-15H2,2-7H3/t18-,19+,20+,21-,22-/m0/s1. The van der Waals surface area contributed by atoms with Gasteiger partial charge in [-0.15, -0.1) is 0 Å². The predicted octanol–water partition coefficient (Wildman–Crippen LogP) is 5.59. The number of carbonyl (C=O) groups is 1.